The average molecular weight is 252 g/mol. The third-order valence-electron chi connectivity index (χ3n) is 3.58. The predicted octanol–water partition coefficient (Wildman–Crippen LogP) is 2.69. The van der Waals surface area contributed by atoms with Crippen LogP contribution in [0.3, 0.4) is 0 Å². The fraction of sp³-hybridized carbons (Fsp3) is 0.188. The highest BCUT2D eigenvalue weighted by Gasteiger charge is 2.25. The van der Waals surface area contributed by atoms with E-state index in [0.717, 1.165) is 17.7 Å². The lowest BCUT2D eigenvalue weighted by Crippen LogP contribution is -2.23. The largest absolute Gasteiger partial charge is 0.493 e. The number of ether oxygens (including phenoxy) is 1. The molecule has 96 valence electrons. The Balaban J connectivity index is 1.60. The second-order valence-electron chi connectivity index (χ2n) is 4.85. The monoisotopic (exact) mass is 252 g/mol. The van der Waals surface area contributed by atoms with E-state index in [0.29, 0.717) is 12.5 Å². The van der Waals surface area contributed by atoms with Crippen LogP contribution in [0.15, 0.2) is 48.5 Å². The SMILES string of the molecule is N=C(N)c1ccc(OCC2Cc3ccccc32)cc1. The van der Waals surface area contributed by atoms with E-state index in [9.17, 15) is 0 Å². The van der Waals surface area contributed by atoms with Crippen LogP contribution in [0.1, 0.15) is 22.6 Å². The summed E-state index contributed by atoms with van der Waals surface area (Å²) in [4.78, 5) is 0. The van der Waals surface area contributed by atoms with Crippen molar-refractivity contribution in [3.8, 4) is 5.75 Å². The molecule has 1 aliphatic rings. The molecule has 1 atom stereocenters. The van der Waals surface area contributed by atoms with E-state index < -0.39 is 0 Å². The van der Waals surface area contributed by atoms with Gasteiger partial charge in [-0.05, 0) is 41.8 Å². The highest BCUT2D eigenvalue weighted by molar-refractivity contribution is 5.94. The third-order valence-corrected chi connectivity index (χ3v) is 3.58. The van der Waals surface area contributed by atoms with Crippen LogP contribution in [0.25, 0.3) is 0 Å². The second-order valence-corrected chi connectivity index (χ2v) is 4.85. The minimum absolute atomic E-state index is 0.0828. The predicted molar refractivity (Wildman–Crippen MR) is 75.8 cm³/mol. The Labute approximate surface area is 112 Å². The van der Waals surface area contributed by atoms with Crippen LogP contribution in [-0.2, 0) is 6.42 Å². The molecule has 0 bridgehead atoms. The summed E-state index contributed by atoms with van der Waals surface area (Å²) in [6.45, 7) is 0.705. The quantitative estimate of drug-likeness (QED) is 0.649. The zero-order valence-corrected chi connectivity index (χ0v) is 10.6. The van der Waals surface area contributed by atoms with Crippen molar-refractivity contribution in [3.05, 3.63) is 65.2 Å². The van der Waals surface area contributed by atoms with Crippen LogP contribution in [0.4, 0.5) is 0 Å². The van der Waals surface area contributed by atoms with Gasteiger partial charge in [0.15, 0.2) is 0 Å². The van der Waals surface area contributed by atoms with Crippen LogP contribution < -0.4 is 10.5 Å². The molecule has 0 amide bonds. The molecule has 2 aromatic rings. The molecular weight excluding hydrogens is 236 g/mol. The first kappa shape index (κ1) is 11.8. The van der Waals surface area contributed by atoms with Crippen LogP contribution in [0, 0.1) is 5.41 Å². The molecule has 0 saturated carbocycles. The number of nitrogens with two attached hydrogens (primary N) is 1. The lowest BCUT2D eigenvalue weighted by atomic mass is 9.78. The summed E-state index contributed by atoms with van der Waals surface area (Å²) in [5.74, 6) is 1.41. The molecule has 3 heteroatoms. The van der Waals surface area contributed by atoms with Gasteiger partial charge in [0, 0.05) is 11.5 Å². The molecule has 0 spiro atoms. The lowest BCUT2D eigenvalue weighted by Gasteiger charge is -2.29. The van der Waals surface area contributed by atoms with E-state index in [-0.39, 0.29) is 5.84 Å². The molecule has 3 N–H and O–H groups in total. The first-order valence-electron chi connectivity index (χ1n) is 6.39. The molecule has 0 radical (unpaired) electrons. The molecule has 0 heterocycles. The Kier molecular flexibility index (Phi) is 2.95. The maximum absolute atomic E-state index is 7.33. The van der Waals surface area contributed by atoms with Gasteiger partial charge >= 0.3 is 0 Å². The van der Waals surface area contributed by atoms with Gasteiger partial charge in [-0.25, -0.2) is 0 Å². The van der Waals surface area contributed by atoms with Gasteiger partial charge in [0.2, 0.25) is 0 Å². The maximum Gasteiger partial charge on any atom is 0.122 e. The number of benzene rings is 2. The van der Waals surface area contributed by atoms with Crippen molar-refractivity contribution in [2.45, 2.75) is 12.3 Å². The van der Waals surface area contributed by atoms with Crippen molar-refractivity contribution in [2.75, 3.05) is 6.61 Å². The Morgan fingerprint density at radius 3 is 2.58 bits per heavy atom. The average Bonchev–Trinajstić information content (AvgIpc) is 2.40. The fourth-order valence-corrected chi connectivity index (χ4v) is 2.44. The molecule has 0 fully saturated rings. The highest BCUT2D eigenvalue weighted by atomic mass is 16.5. The smallest absolute Gasteiger partial charge is 0.122 e. The summed E-state index contributed by atoms with van der Waals surface area (Å²) in [5, 5.41) is 7.33. The van der Waals surface area contributed by atoms with Crippen LogP contribution in [-0.4, -0.2) is 12.4 Å². The molecule has 3 rings (SSSR count). The van der Waals surface area contributed by atoms with Crippen molar-refractivity contribution in [2.24, 2.45) is 5.73 Å². The molecule has 0 aliphatic heterocycles. The summed E-state index contributed by atoms with van der Waals surface area (Å²) in [6, 6.07) is 15.9. The maximum atomic E-state index is 7.33. The van der Waals surface area contributed by atoms with Gasteiger partial charge in [-0.1, -0.05) is 24.3 Å². The first-order chi connectivity index (χ1) is 9.24. The molecule has 0 saturated heterocycles. The molecule has 1 aliphatic carbocycles. The number of nitrogens with one attached hydrogen (secondary N) is 1. The van der Waals surface area contributed by atoms with Crippen molar-refractivity contribution < 1.29 is 4.74 Å². The summed E-state index contributed by atoms with van der Waals surface area (Å²) in [6.07, 6.45) is 1.10. The van der Waals surface area contributed by atoms with Crippen LogP contribution in [0.5, 0.6) is 5.75 Å². The standard InChI is InChI=1S/C16H16N2O/c17-16(18)11-5-7-14(8-6-11)19-10-13-9-12-3-1-2-4-15(12)13/h1-8,13H,9-10H2,(H3,17,18). The van der Waals surface area contributed by atoms with Gasteiger partial charge in [0.1, 0.15) is 11.6 Å². The second kappa shape index (κ2) is 4.76. The van der Waals surface area contributed by atoms with Gasteiger partial charge in [-0.3, -0.25) is 5.41 Å². The van der Waals surface area contributed by atoms with Crippen molar-refractivity contribution in [1.82, 2.24) is 0 Å². The summed E-state index contributed by atoms with van der Waals surface area (Å²) >= 11 is 0. The number of fused-ring (bicyclic) bond motifs is 1. The van der Waals surface area contributed by atoms with Gasteiger partial charge in [-0.15, -0.1) is 0 Å². The minimum Gasteiger partial charge on any atom is -0.493 e. The van der Waals surface area contributed by atoms with E-state index >= 15 is 0 Å². The zero-order chi connectivity index (χ0) is 13.2. The van der Waals surface area contributed by atoms with E-state index in [1.54, 1.807) is 0 Å². The van der Waals surface area contributed by atoms with Crippen LogP contribution in [0.2, 0.25) is 0 Å². The summed E-state index contributed by atoms with van der Waals surface area (Å²) in [5.41, 5.74) is 8.97. The Bertz CT molecular complexity index is 604. The van der Waals surface area contributed by atoms with E-state index in [4.69, 9.17) is 15.9 Å². The van der Waals surface area contributed by atoms with E-state index in [1.807, 2.05) is 24.3 Å². The third kappa shape index (κ3) is 2.32. The Morgan fingerprint density at radius 1 is 1.16 bits per heavy atom. The lowest BCUT2D eigenvalue weighted by molar-refractivity contribution is 0.275. The van der Waals surface area contributed by atoms with Crippen molar-refractivity contribution >= 4 is 5.84 Å². The highest BCUT2D eigenvalue weighted by Crippen LogP contribution is 2.35. The van der Waals surface area contributed by atoms with Crippen molar-refractivity contribution in [3.63, 3.8) is 0 Å². The fourth-order valence-electron chi connectivity index (χ4n) is 2.44. The summed E-state index contributed by atoms with van der Waals surface area (Å²) < 4.78 is 5.79. The molecule has 3 nitrogen and oxygen atoms in total. The molecule has 2 aromatic carbocycles. The van der Waals surface area contributed by atoms with E-state index in [2.05, 4.69) is 24.3 Å². The zero-order valence-electron chi connectivity index (χ0n) is 10.6. The normalized spacial score (nSPS) is 16.3. The van der Waals surface area contributed by atoms with Gasteiger partial charge in [0.05, 0.1) is 6.61 Å². The summed E-state index contributed by atoms with van der Waals surface area (Å²) in [7, 11) is 0. The number of amidine groups is 1. The molecular formula is C16H16N2O. The Morgan fingerprint density at radius 2 is 1.89 bits per heavy atom. The molecule has 0 aromatic heterocycles. The van der Waals surface area contributed by atoms with E-state index in [1.165, 1.54) is 11.1 Å². The number of nitrogen functional groups attached to an aromatic ring is 1. The number of rotatable bonds is 4. The topological polar surface area (TPSA) is 59.1 Å². The molecule has 1 unspecified atom stereocenters. The van der Waals surface area contributed by atoms with Crippen LogP contribution >= 0.6 is 0 Å². The molecule has 19 heavy (non-hydrogen) atoms. The first-order valence-corrected chi connectivity index (χ1v) is 6.39. The Hall–Kier alpha value is -2.29. The number of hydrogen-bond acceptors (Lipinski definition) is 2. The van der Waals surface area contributed by atoms with Crippen molar-refractivity contribution in [1.29, 1.82) is 5.41 Å². The van der Waals surface area contributed by atoms with Gasteiger partial charge < -0.3 is 10.5 Å². The number of hydrogen-bond donors (Lipinski definition) is 2. The van der Waals surface area contributed by atoms with Gasteiger partial charge in [0.25, 0.3) is 0 Å². The minimum atomic E-state index is 0.0828. The van der Waals surface area contributed by atoms with Gasteiger partial charge in [-0.2, -0.15) is 0 Å².